The number of nitrogens with two attached hydrogens (primary N) is 1. The molecular formula is C19H15ClF5N3O3. The molecule has 0 amide bonds. The Kier molecular flexibility index (Phi) is 6.75. The number of carbonyl (C=O) groups excluding carboxylic acids is 1. The fraction of sp³-hybridized carbons (Fsp3) is 0.316. The van der Waals surface area contributed by atoms with Crippen molar-refractivity contribution in [3.05, 3.63) is 58.1 Å². The molecule has 0 saturated carbocycles. The van der Waals surface area contributed by atoms with E-state index < -0.39 is 42.3 Å². The van der Waals surface area contributed by atoms with Gasteiger partial charge in [0.15, 0.2) is 11.3 Å². The first-order valence-electron chi connectivity index (χ1n) is 8.75. The molecule has 12 heteroatoms. The topological polar surface area (TPSA) is 86.8 Å². The van der Waals surface area contributed by atoms with E-state index in [-0.39, 0.29) is 40.9 Å². The molecule has 0 saturated heterocycles. The van der Waals surface area contributed by atoms with E-state index in [0.29, 0.717) is 0 Å². The smallest absolute Gasteiger partial charge is 0.387 e. The summed E-state index contributed by atoms with van der Waals surface area (Å²) in [6.45, 7) is -3.86. The summed E-state index contributed by atoms with van der Waals surface area (Å²) in [5.41, 5.74) is 2.62. The van der Waals surface area contributed by atoms with E-state index in [1.807, 2.05) is 0 Å². The molecule has 2 N–H and O–H groups in total. The number of ketones is 1. The molecule has 1 atom stereocenters. The number of alkyl halides is 4. The predicted octanol–water partition coefficient (Wildman–Crippen LogP) is 3.75. The minimum Gasteiger partial charge on any atom is -0.433 e. The summed E-state index contributed by atoms with van der Waals surface area (Å²) in [4.78, 5) is 20.0. The molecule has 166 valence electrons. The molecule has 31 heavy (non-hydrogen) atoms. The molecule has 0 radical (unpaired) electrons. The van der Waals surface area contributed by atoms with Crippen molar-refractivity contribution in [3.8, 4) is 5.75 Å². The number of hydrogen-bond acceptors (Lipinski definition) is 6. The van der Waals surface area contributed by atoms with E-state index in [9.17, 15) is 26.7 Å². The molecule has 1 aliphatic rings. The first-order valence-corrected chi connectivity index (χ1v) is 9.12. The highest BCUT2D eigenvalue weighted by molar-refractivity contribution is 6.33. The first kappa shape index (κ1) is 22.9. The van der Waals surface area contributed by atoms with E-state index >= 15 is 0 Å². The number of pyridine rings is 1. The van der Waals surface area contributed by atoms with E-state index in [0.717, 1.165) is 24.4 Å². The standard InChI is InChI=1S/C19H15ClF5N3O3/c20-12-5-10(31-18(24)25)6-27-16(12)14(29)4-9-1-2-13(21)11(3-9)19(17(22)23)8-30-7-15(26)28-19/h1-3,5-6,17-18H,4,7-8H2,(H2,26,28)/t19-/m0/s1. The summed E-state index contributed by atoms with van der Waals surface area (Å²) in [7, 11) is 0. The van der Waals surface area contributed by atoms with Gasteiger partial charge in [0.05, 0.1) is 17.8 Å². The van der Waals surface area contributed by atoms with Crippen molar-refractivity contribution in [1.82, 2.24) is 4.98 Å². The Morgan fingerprint density at radius 3 is 2.65 bits per heavy atom. The monoisotopic (exact) mass is 463 g/mol. The van der Waals surface area contributed by atoms with E-state index in [4.69, 9.17) is 22.1 Å². The van der Waals surface area contributed by atoms with Gasteiger partial charge in [0.1, 0.15) is 29.7 Å². The maximum atomic E-state index is 14.5. The number of halogens is 6. The van der Waals surface area contributed by atoms with Crippen LogP contribution in [0, 0.1) is 5.82 Å². The summed E-state index contributed by atoms with van der Waals surface area (Å²) in [5.74, 6) is -2.18. The zero-order valence-electron chi connectivity index (χ0n) is 15.6. The van der Waals surface area contributed by atoms with Gasteiger partial charge in [0.25, 0.3) is 6.43 Å². The second-order valence-electron chi connectivity index (χ2n) is 6.61. The third-order valence-corrected chi connectivity index (χ3v) is 4.73. The van der Waals surface area contributed by atoms with Gasteiger partial charge in [0, 0.05) is 18.1 Å². The third kappa shape index (κ3) is 4.93. The minimum absolute atomic E-state index is 0.163. The highest BCUT2D eigenvalue weighted by atomic mass is 35.5. The van der Waals surface area contributed by atoms with Crippen molar-refractivity contribution >= 4 is 23.2 Å². The number of nitrogens with zero attached hydrogens (tertiary/aromatic N) is 2. The van der Waals surface area contributed by atoms with Crippen LogP contribution in [0.4, 0.5) is 22.0 Å². The van der Waals surface area contributed by atoms with Crippen LogP contribution in [-0.4, -0.2) is 42.9 Å². The Morgan fingerprint density at radius 2 is 2.03 bits per heavy atom. The summed E-state index contributed by atoms with van der Waals surface area (Å²) in [6.07, 6.45) is -2.62. The van der Waals surface area contributed by atoms with Crippen LogP contribution in [0.25, 0.3) is 0 Å². The van der Waals surface area contributed by atoms with Gasteiger partial charge in [-0.15, -0.1) is 0 Å². The van der Waals surface area contributed by atoms with E-state index in [1.54, 1.807) is 0 Å². The van der Waals surface area contributed by atoms with Crippen LogP contribution in [0.2, 0.25) is 5.02 Å². The number of hydrogen-bond donors (Lipinski definition) is 1. The lowest BCUT2D eigenvalue weighted by Gasteiger charge is -2.33. The lowest BCUT2D eigenvalue weighted by atomic mass is 9.88. The van der Waals surface area contributed by atoms with Crippen LogP contribution >= 0.6 is 11.6 Å². The predicted molar refractivity (Wildman–Crippen MR) is 100 cm³/mol. The van der Waals surface area contributed by atoms with Crippen LogP contribution in [0.3, 0.4) is 0 Å². The van der Waals surface area contributed by atoms with Crippen LogP contribution in [-0.2, 0) is 16.7 Å². The van der Waals surface area contributed by atoms with Crippen LogP contribution in [0.15, 0.2) is 35.5 Å². The van der Waals surface area contributed by atoms with Gasteiger partial charge in [-0.2, -0.15) is 8.78 Å². The molecule has 1 aliphatic heterocycles. The SMILES string of the molecule is NC1=N[C@@](c2cc(CC(=O)c3ncc(OC(F)F)cc3Cl)ccc2F)(C(F)F)COC1. The fourth-order valence-corrected chi connectivity index (χ4v) is 3.34. The molecule has 0 unspecified atom stereocenters. The Bertz CT molecular complexity index is 1020. The van der Waals surface area contributed by atoms with Crippen LogP contribution < -0.4 is 10.5 Å². The van der Waals surface area contributed by atoms with Gasteiger partial charge >= 0.3 is 6.61 Å². The van der Waals surface area contributed by atoms with Crippen molar-refractivity contribution < 1.29 is 36.2 Å². The summed E-state index contributed by atoms with van der Waals surface area (Å²) in [6, 6.07) is 4.23. The number of carbonyl (C=O) groups is 1. The number of rotatable bonds is 7. The van der Waals surface area contributed by atoms with Gasteiger partial charge in [-0.05, 0) is 17.7 Å². The fourth-order valence-electron chi connectivity index (χ4n) is 3.08. The maximum absolute atomic E-state index is 14.5. The molecular weight excluding hydrogens is 449 g/mol. The molecule has 1 aromatic heterocycles. The zero-order chi connectivity index (χ0) is 22.8. The summed E-state index contributed by atoms with van der Waals surface area (Å²) >= 11 is 5.92. The highest BCUT2D eigenvalue weighted by Gasteiger charge is 2.46. The molecule has 6 nitrogen and oxygen atoms in total. The first-order chi connectivity index (χ1) is 14.6. The normalized spacial score (nSPS) is 18.9. The van der Waals surface area contributed by atoms with Gasteiger partial charge in [-0.25, -0.2) is 18.2 Å². The zero-order valence-corrected chi connectivity index (χ0v) is 16.4. The van der Waals surface area contributed by atoms with Crippen molar-refractivity contribution in [2.75, 3.05) is 13.2 Å². The molecule has 2 heterocycles. The average molecular weight is 464 g/mol. The highest BCUT2D eigenvalue weighted by Crippen LogP contribution is 2.37. The van der Waals surface area contributed by atoms with Gasteiger partial charge < -0.3 is 15.2 Å². The van der Waals surface area contributed by atoms with Crippen LogP contribution in [0.1, 0.15) is 21.6 Å². The van der Waals surface area contributed by atoms with Gasteiger partial charge in [0.2, 0.25) is 0 Å². The number of benzene rings is 1. The Balaban J connectivity index is 1.90. The lowest BCUT2D eigenvalue weighted by Crippen LogP contribution is -2.45. The molecule has 2 aromatic rings. The molecule has 1 aromatic carbocycles. The largest absolute Gasteiger partial charge is 0.433 e. The quantitative estimate of drug-likeness (QED) is 0.499. The second kappa shape index (κ2) is 9.15. The Labute approximate surface area is 177 Å². The lowest BCUT2D eigenvalue weighted by molar-refractivity contribution is -0.0500. The van der Waals surface area contributed by atoms with Gasteiger partial charge in [-0.3, -0.25) is 9.79 Å². The summed E-state index contributed by atoms with van der Waals surface area (Å²) in [5, 5.41) is -0.243. The maximum Gasteiger partial charge on any atom is 0.387 e. The Hall–Kier alpha value is -2.79. The molecule has 3 rings (SSSR count). The number of aliphatic imine (C=N–C) groups is 1. The summed E-state index contributed by atoms with van der Waals surface area (Å²) < 4.78 is 76.0. The van der Waals surface area contributed by atoms with Crippen LogP contribution in [0.5, 0.6) is 5.75 Å². The van der Waals surface area contributed by atoms with Gasteiger partial charge in [-0.1, -0.05) is 17.7 Å². The van der Waals surface area contributed by atoms with Crippen molar-refractivity contribution in [1.29, 1.82) is 0 Å². The molecule has 0 spiro atoms. The third-order valence-electron chi connectivity index (χ3n) is 4.44. The van der Waals surface area contributed by atoms with Crippen molar-refractivity contribution in [2.45, 2.75) is 25.0 Å². The molecule has 0 aliphatic carbocycles. The minimum atomic E-state index is -3.13. The average Bonchev–Trinajstić information content (AvgIpc) is 2.68. The number of Topliss-reactive ketones (excluding diaryl/α,β-unsaturated/α-hetero) is 1. The Morgan fingerprint density at radius 1 is 1.29 bits per heavy atom. The second-order valence-corrected chi connectivity index (χ2v) is 7.02. The number of ether oxygens (including phenoxy) is 2. The van der Waals surface area contributed by atoms with Crippen molar-refractivity contribution in [2.24, 2.45) is 10.7 Å². The number of amidine groups is 1. The van der Waals surface area contributed by atoms with Crippen molar-refractivity contribution in [3.63, 3.8) is 0 Å². The molecule has 0 bridgehead atoms. The van der Waals surface area contributed by atoms with E-state index in [2.05, 4.69) is 14.7 Å². The molecule has 0 fully saturated rings. The number of aromatic nitrogens is 1. The van der Waals surface area contributed by atoms with E-state index in [1.165, 1.54) is 6.07 Å².